The van der Waals surface area contributed by atoms with Crippen molar-refractivity contribution in [2.24, 2.45) is 0 Å². The average Bonchev–Trinajstić information content (AvgIpc) is 2.76. The predicted molar refractivity (Wildman–Crippen MR) is 130 cm³/mol. The molecular formula is C25H36FN5O4. The standard InChI is InChI=1S/C25H36FN5O4/c1-7-35-22(32)20-19(29(6)23(33)27-21(20)17-10-8-9-11-18(17)26)15-30-12-13-31(16(2)14-30)24(34)28-25(3,4)5/h8-11,16,21H,7,12-15H2,1-6H3,(H,27,33)(H,28,34)/t16-,21-/m0/s1. The number of piperazine rings is 1. The molecule has 0 unspecified atom stereocenters. The first-order valence-corrected chi connectivity index (χ1v) is 11.9. The lowest BCUT2D eigenvalue weighted by molar-refractivity contribution is -0.139. The van der Waals surface area contributed by atoms with E-state index in [1.807, 2.05) is 27.7 Å². The molecule has 2 N–H and O–H groups in total. The summed E-state index contributed by atoms with van der Waals surface area (Å²) in [5.74, 6) is -1.12. The van der Waals surface area contributed by atoms with Gasteiger partial charge in [-0.3, -0.25) is 9.80 Å². The summed E-state index contributed by atoms with van der Waals surface area (Å²) in [5, 5.41) is 5.74. The second kappa shape index (κ2) is 10.6. The van der Waals surface area contributed by atoms with Crippen LogP contribution >= 0.6 is 0 Å². The van der Waals surface area contributed by atoms with Crippen molar-refractivity contribution in [1.82, 2.24) is 25.3 Å². The fourth-order valence-corrected chi connectivity index (χ4v) is 4.42. The van der Waals surface area contributed by atoms with Gasteiger partial charge in [0.2, 0.25) is 0 Å². The summed E-state index contributed by atoms with van der Waals surface area (Å²) in [4.78, 5) is 43.9. The van der Waals surface area contributed by atoms with Crippen LogP contribution in [0.4, 0.5) is 14.0 Å². The first-order valence-electron chi connectivity index (χ1n) is 11.9. The predicted octanol–water partition coefficient (Wildman–Crippen LogP) is 2.85. The Morgan fingerprint density at radius 2 is 1.91 bits per heavy atom. The fraction of sp³-hybridized carbons (Fsp3) is 0.560. The Bertz CT molecular complexity index is 1010. The number of benzene rings is 1. The number of carbonyl (C=O) groups excluding carboxylic acids is 3. The maximum atomic E-state index is 14.7. The molecule has 2 aliphatic rings. The number of nitrogens with one attached hydrogen (secondary N) is 2. The van der Waals surface area contributed by atoms with Gasteiger partial charge >= 0.3 is 18.0 Å². The molecule has 35 heavy (non-hydrogen) atoms. The summed E-state index contributed by atoms with van der Waals surface area (Å²) in [7, 11) is 1.58. The van der Waals surface area contributed by atoms with E-state index in [2.05, 4.69) is 15.5 Å². The average molecular weight is 490 g/mol. The molecule has 1 aromatic carbocycles. The third-order valence-corrected chi connectivity index (χ3v) is 6.12. The first-order chi connectivity index (χ1) is 16.4. The van der Waals surface area contributed by atoms with Crippen molar-refractivity contribution in [2.45, 2.75) is 52.2 Å². The molecule has 192 valence electrons. The Kier molecular flexibility index (Phi) is 8.04. The Hall–Kier alpha value is -3.14. The van der Waals surface area contributed by atoms with E-state index in [9.17, 15) is 18.8 Å². The molecular weight excluding hydrogens is 453 g/mol. The lowest BCUT2D eigenvalue weighted by atomic mass is 9.93. The zero-order valence-electron chi connectivity index (χ0n) is 21.4. The lowest BCUT2D eigenvalue weighted by Crippen LogP contribution is -2.59. The van der Waals surface area contributed by atoms with Crippen molar-refractivity contribution in [3.8, 4) is 0 Å². The molecule has 2 atom stereocenters. The number of likely N-dealkylation sites (N-methyl/N-ethyl adjacent to an activating group) is 1. The van der Waals surface area contributed by atoms with E-state index in [-0.39, 0.29) is 41.9 Å². The summed E-state index contributed by atoms with van der Waals surface area (Å²) in [6.07, 6.45) is 0. The van der Waals surface area contributed by atoms with E-state index in [0.29, 0.717) is 25.3 Å². The first kappa shape index (κ1) is 26.5. The number of halogens is 1. The number of rotatable bonds is 5. The smallest absolute Gasteiger partial charge is 0.338 e. The quantitative estimate of drug-likeness (QED) is 0.621. The molecule has 0 spiro atoms. The fourth-order valence-electron chi connectivity index (χ4n) is 4.42. The molecule has 0 aliphatic carbocycles. The molecule has 2 heterocycles. The Balaban J connectivity index is 1.90. The monoisotopic (exact) mass is 489 g/mol. The molecule has 0 aromatic heterocycles. The minimum Gasteiger partial charge on any atom is -0.463 e. The Morgan fingerprint density at radius 1 is 1.23 bits per heavy atom. The zero-order valence-corrected chi connectivity index (χ0v) is 21.4. The Labute approximate surface area is 206 Å². The number of ether oxygens (including phenoxy) is 1. The third kappa shape index (κ3) is 6.11. The van der Waals surface area contributed by atoms with Crippen LogP contribution in [-0.2, 0) is 9.53 Å². The van der Waals surface area contributed by atoms with Gasteiger partial charge in [0, 0.05) is 56.1 Å². The van der Waals surface area contributed by atoms with E-state index in [4.69, 9.17) is 4.74 Å². The summed E-state index contributed by atoms with van der Waals surface area (Å²) in [6, 6.07) is 4.47. The molecule has 2 aliphatic heterocycles. The van der Waals surface area contributed by atoms with Gasteiger partial charge in [0.15, 0.2) is 0 Å². The molecule has 3 rings (SSSR count). The van der Waals surface area contributed by atoms with Gasteiger partial charge in [0.05, 0.1) is 18.2 Å². The van der Waals surface area contributed by atoms with E-state index < -0.39 is 23.9 Å². The van der Waals surface area contributed by atoms with Crippen LogP contribution in [0.5, 0.6) is 0 Å². The number of hydrogen-bond donors (Lipinski definition) is 2. The van der Waals surface area contributed by atoms with Crippen molar-refractivity contribution in [3.63, 3.8) is 0 Å². The van der Waals surface area contributed by atoms with Crippen molar-refractivity contribution in [1.29, 1.82) is 0 Å². The second-order valence-electron chi connectivity index (χ2n) is 10.0. The van der Waals surface area contributed by atoms with Crippen molar-refractivity contribution in [2.75, 3.05) is 39.8 Å². The van der Waals surface area contributed by atoms with Gasteiger partial charge in [-0.1, -0.05) is 18.2 Å². The highest BCUT2D eigenvalue weighted by Crippen LogP contribution is 2.33. The molecule has 1 fully saturated rings. The van der Waals surface area contributed by atoms with Crippen LogP contribution in [-0.4, -0.2) is 84.1 Å². The van der Waals surface area contributed by atoms with Gasteiger partial charge in [0.1, 0.15) is 5.82 Å². The van der Waals surface area contributed by atoms with E-state index >= 15 is 0 Å². The van der Waals surface area contributed by atoms with E-state index in [0.717, 1.165) is 0 Å². The highest BCUT2D eigenvalue weighted by molar-refractivity contribution is 5.95. The summed E-state index contributed by atoms with van der Waals surface area (Å²) in [5.41, 5.74) is 0.527. The molecule has 1 saturated heterocycles. The van der Waals surface area contributed by atoms with Gasteiger partial charge < -0.3 is 20.3 Å². The molecule has 0 bridgehead atoms. The topological polar surface area (TPSA) is 94.2 Å². The number of hydrogen-bond acceptors (Lipinski definition) is 5. The second-order valence-corrected chi connectivity index (χ2v) is 10.0. The highest BCUT2D eigenvalue weighted by Gasteiger charge is 2.39. The van der Waals surface area contributed by atoms with Crippen molar-refractivity contribution in [3.05, 3.63) is 46.9 Å². The number of urea groups is 2. The van der Waals surface area contributed by atoms with Crippen molar-refractivity contribution >= 4 is 18.0 Å². The lowest BCUT2D eigenvalue weighted by Gasteiger charge is -2.43. The van der Waals surface area contributed by atoms with E-state index in [1.54, 1.807) is 37.1 Å². The number of esters is 1. The minimum atomic E-state index is -0.967. The summed E-state index contributed by atoms with van der Waals surface area (Å²) < 4.78 is 20.0. The maximum absolute atomic E-state index is 14.7. The molecule has 0 radical (unpaired) electrons. The zero-order chi connectivity index (χ0) is 25.9. The van der Waals surface area contributed by atoms with Crippen LogP contribution in [0.25, 0.3) is 0 Å². The number of carbonyl (C=O) groups is 3. The normalized spacial score (nSPS) is 21.6. The summed E-state index contributed by atoms with van der Waals surface area (Å²) in [6.45, 7) is 11.5. The third-order valence-electron chi connectivity index (χ3n) is 6.12. The van der Waals surface area contributed by atoms with E-state index in [1.165, 1.54) is 11.0 Å². The van der Waals surface area contributed by atoms with Crippen molar-refractivity contribution < 1.29 is 23.5 Å². The largest absolute Gasteiger partial charge is 0.463 e. The van der Waals surface area contributed by atoms with Gasteiger partial charge in [-0.05, 0) is 40.7 Å². The highest BCUT2D eigenvalue weighted by atomic mass is 19.1. The van der Waals surface area contributed by atoms with Gasteiger partial charge in [0.25, 0.3) is 0 Å². The maximum Gasteiger partial charge on any atom is 0.338 e. The molecule has 4 amide bonds. The number of amides is 4. The Morgan fingerprint density at radius 3 is 2.51 bits per heavy atom. The van der Waals surface area contributed by atoms with Crippen LogP contribution < -0.4 is 10.6 Å². The van der Waals surface area contributed by atoms with Crippen LogP contribution in [0.15, 0.2) is 35.5 Å². The SMILES string of the molecule is CCOC(=O)C1=C(CN2CCN(C(=O)NC(C)(C)C)[C@@H](C)C2)N(C)C(=O)N[C@H]1c1ccccc1F. The molecule has 0 saturated carbocycles. The van der Waals surface area contributed by atoms with Crippen LogP contribution in [0.1, 0.15) is 46.2 Å². The van der Waals surface area contributed by atoms with Gasteiger partial charge in [-0.25, -0.2) is 18.8 Å². The molecule has 9 nitrogen and oxygen atoms in total. The van der Waals surface area contributed by atoms with Crippen LogP contribution in [0.2, 0.25) is 0 Å². The minimum absolute atomic E-state index is 0.0807. The van der Waals surface area contributed by atoms with Crippen LogP contribution in [0.3, 0.4) is 0 Å². The van der Waals surface area contributed by atoms with Crippen LogP contribution in [0, 0.1) is 5.82 Å². The molecule has 10 heteroatoms. The summed E-state index contributed by atoms with van der Waals surface area (Å²) >= 11 is 0. The molecule has 1 aromatic rings. The van der Waals surface area contributed by atoms with Gasteiger partial charge in [-0.2, -0.15) is 0 Å². The van der Waals surface area contributed by atoms with Gasteiger partial charge in [-0.15, -0.1) is 0 Å². The number of nitrogens with zero attached hydrogens (tertiary/aromatic N) is 3.